The van der Waals surface area contributed by atoms with E-state index in [0.717, 1.165) is 18.2 Å². The molecule has 1 unspecified atom stereocenters. The molecule has 1 aromatic heterocycles. The van der Waals surface area contributed by atoms with Crippen molar-refractivity contribution in [1.29, 1.82) is 0 Å². The van der Waals surface area contributed by atoms with Crippen LogP contribution in [0.1, 0.15) is 35.4 Å². The molecule has 2 rings (SSSR count). The Bertz CT molecular complexity index is 943. The molecule has 0 bridgehead atoms. The number of H-pyrrole nitrogens is 1. The SMILES string of the molecule is CCC(NC(=O)c1cc(=O)[nH]c(N(C)C)n1)c1ccc(S(F)(F)(F)(F)F)cc1. The van der Waals surface area contributed by atoms with Gasteiger partial charge in [-0.2, -0.15) is 0 Å². The fraction of sp³-hybridized carbons (Fsp3) is 0.312. The maximum Gasteiger partial charge on any atom is 0.310 e. The van der Waals surface area contributed by atoms with Gasteiger partial charge in [0.15, 0.2) is 0 Å². The predicted molar refractivity (Wildman–Crippen MR) is 97.5 cm³/mol. The lowest BCUT2D eigenvalue weighted by Gasteiger charge is -2.40. The molecule has 6 nitrogen and oxygen atoms in total. The number of carbonyl (C=O) groups excluding carboxylic acids is 1. The second-order valence-electron chi connectivity index (χ2n) is 6.32. The summed E-state index contributed by atoms with van der Waals surface area (Å²) in [5.41, 5.74) is -0.536. The van der Waals surface area contributed by atoms with E-state index in [1.165, 1.54) is 4.90 Å². The quantitative estimate of drug-likeness (QED) is 0.673. The third-order valence-electron chi connectivity index (χ3n) is 3.83. The normalized spacial score (nSPS) is 15.3. The van der Waals surface area contributed by atoms with Crippen LogP contribution in [-0.4, -0.2) is 30.0 Å². The Morgan fingerprint density at radius 3 is 2.21 bits per heavy atom. The van der Waals surface area contributed by atoms with Gasteiger partial charge in [-0.3, -0.25) is 14.6 Å². The number of hydrogen-bond donors (Lipinski definition) is 2. The molecule has 0 saturated heterocycles. The number of hydrogen-bond acceptors (Lipinski definition) is 4. The molecule has 28 heavy (non-hydrogen) atoms. The van der Waals surface area contributed by atoms with Gasteiger partial charge in [0, 0.05) is 20.2 Å². The molecule has 1 heterocycles. The maximum absolute atomic E-state index is 12.8. The molecule has 0 spiro atoms. The first-order valence-electron chi connectivity index (χ1n) is 8.04. The van der Waals surface area contributed by atoms with Crippen LogP contribution in [0.25, 0.3) is 0 Å². The first-order chi connectivity index (χ1) is 12.6. The van der Waals surface area contributed by atoms with E-state index in [9.17, 15) is 29.0 Å². The van der Waals surface area contributed by atoms with E-state index < -0.39 is 32.6 Å². The molecule has 12 heteroatoms. The lowest BCUT2D eigenvalue weighted by molar-refractivity contribution is 0.0930. The Balaban J connectivity index is 2.28. The van der Waals surface area contributed by atoms with E-state index in [1.54, 1.807) is 21.0 Å². The summed E-state index contributed by atoms with van der Waals surface area (Å²) in [7, 11) is -6.55. The number of nitrogens with zero attached hydrogens (tertiary/aromatic N) is 2. The smallest absolute Gasteiger partial charge is 0.310 e. The van der Waals surface area contributed by atoms with E-state index >= 15 is 0 Å². The van der Waals surface area contributed by atoms with Crippen molar-refractivity contribution in [2.75, 3.05) is 19.0 Å². The first kappa shape index (κ1) is 21.7. The van der Waals surface area contributed by atoms with Crippen molar-refractivity contribution in [3.8, 4) is 0 Å². The monoisotopic (exact) mass is 426 g/mol. The van der Waals surface area contributed by atoms with Crippen LogP contribution < -0.4 is 15.8 Å². The highest BCUT2D eigenvalue weighted by molar-refractivity contribution is 8.45. The molecule has 0 saturated carbocycles. The minimum absolute atomic E-state index is 0.144. The number of halogens is 5. The zero-order valence-electron chi connectivity index (χ0n) is 15.2. The summed E-state index contributed by atoms with van der Waals surface area (Å²) in [4.78, 5) is 30.0. The topological polar surface area (TPSA) is 78.1 Å². The second-order valence-corrected chi connectivity index (χ2v) is 8.73. The third kappa shape index (κ3) is 5.21. The van der Waals surface area contributed by atoms with Gasteiger partial charge in [-0.05, 0) is 24.1 Å². The Hall–Kier alpha value is -2.63. The average Bonchev–Trinajstić information content (AvgIpc) is 2.57. The van der Waals surface area contributed by atoms with Gasteiger partial charge < -0.3 is 10.2 Å². The summed E-state index contributed by atoms with van der Waals surface area (Å²) >= 11 is 0. The Morgan fingerprint density at radius 2 is 1.75 bits per heavy atom. The van der Waals surface area contributed by atoms with Gasteiger partial charge in [-0.15, -0.1) is 0 Å². The number of rotatable bonds is 6. The van der Waals surface area contributed by atoms with E-state index in [1.807, 2.05) is 0 Å². The van der Waals surface area contributed by atoms with E-state index in [2.05, 4.69) is 15.3 Å². The molecule has 0 aliphatic rings. The number of amides is 1. The molecule has 1 atom stereocenters. The molecule has 0 aliphatic carbocycles. The Kier molecular flexibility index (Phi) is 5.00. The number of aromatic amines is 1. The van der Waals surface area contributed by atoms with Crippen LogP contribution in [0.3, 0.4) is 0 Å². The van der Waals surface area contributed by atoms with Crippen LogP contribution in [0.2, 0.25) is 0 Å². The van der Waals surface area contributed by atoms with Crippen LogP contribution in [0.5, 0.6) is 0 Å². The number of carbonyl (C=O) groups is 1. The molecule has 2 N–H and O–H groups in total. The van der Waals surface area contributed by atoms with Crippen LogP contribution in [-0.2, 0) is 0 Å². The molecule has 1 aromatic carbocycles. The van der Waals surface area contributed by atoms with Gasteiger partial charge in [-0.25, -0.2) is 4.98 Å². The predicted octanol–water partition coefficient (Wildman–Crippen LogP) is 4.37. The Morgan fingerprint density at radius 1 is 1.18 bits per heavy atom. The molecule has 2 aromatic rings. The van der Waals surface area contributed by atoms with Crippen LogP contribution in [0.15, 0.2) is 40.0 Å². The van der Waals surface area contributed by atoms with Crippen LogP contribution in [0.4, 0.5) is 25.4 Å². The van der Waals surface area contributed by atoms with E-state index in [4.69, 9.17) is 0 Å². The second kappa shape index (κ2) is 6.47. The molecule has 0 aliphatic heterocycles. The van der Waals surface area contributed by atoms with Crippen molar-refractivity contribution in [3.63, 3.8) is 0 Å². The van der Waals surface area contributed by atoms with E-state index in [-0.39, 0.29) is 23.6 Å². The van der Waals surface area contributed by atoms with Crippen molar-refractivity contribution in [3.05, 3.63) is 51.9 Å². The molecule has 0 fully saturated rings. The van der Waals surface area contributed by atoms with Crippen LogP contribution >= 0.6 is 10.2 Å². The third-order valence-corrected chi connectivity index (χ3v) is 4.99. The van der Waals surface area contributed by atoms with Gasteiger partial charge in [0.2, 0.25) is 5.95 Å². The Labute approximate surface area is 157 Å². The molecule has 1 amide bonds. The summed E-state index contributed by atoms with van der Waals surface area (Å²) < 4.78 is 64.1. The first-order valence-corrected chi connectivity index (χ1v) is 9.99. The van der Waals surface area contributed by atoms with Crippen molar-refractivity contribution in [2.45, 2.75) is 24.3 Å². The molecule has 0 radical (unpaired) electrons. The van der Waals surface area contributed by atoms with Crippen molar-refractivity contribution >= 4 is 22.1 Å². The fourth-order valence-corrected chi connectivity index (χ4v) is 3.03. The summed E-state index contributed by atoms with van der Waals surface area (Å²) in [6.07, 6.45) is 0.269. The lowest BCUT2D eigenvalue weighted by atomic mass is 10.0. The minimum atomic E-state index is -9.76. The summed E-state index contributed by atoms with van der Waals surface area (Å²) in [6, 6.07) is 2.58. The minimum Gasteiger partial charge on any atom is -0.348 e. The van der Waals surface area contributed by atoms with Crippen molar-refractivity contribution in [2.24, 2.45) is 0 Å². The number of aromatic nitrogens is 2. The van der Waals surface area contributed by atoms with Crippen molar-refractivity contribution in [1.82, 2.24) is 15.3 Å². The van der Waals surface area contributed by atoms with Gasteiger partial charge in [-0.1, -0.05) is 38.5 Å². The standard InChI is InChI=1S/C16H19F5N4O2S/c1-4-12(10-5-7-11(8-6-10)28(17,18,19,20)21)22-15(27)13-9-14(26)24-16(23-13)25(2)3/h5-9,12H,4H2,1-3H3,(H,22,27)(H,23,24,26). The highest BCUT2D eigenvalue weighted by atomic mass is 32.5. The zero-order valence-corrected chi connectivity index (χ0v) is 16.0. The molecule has 156 valence electrons. The molecular formula is C16H19F5N4O2S. The fourth-order valence-electron chi connectivity index (χ4n) is 2.38. The lowest BCUT2D eigenvalue weighted by Crippen LogP contribution is -2.31. The van der Waals surface area contributed by atoms with Gasteiger partial charge in [0.25, 0.3) is 11.5 Å². The van der Waals surface area contributed by atoms with Crippen LogP contribution in [0, 0.1) is 0 Å². The largest absolute Gasteiger partial charge is 0.348 e. The average molecular weight is 426 g/mol. The number of anilines is 1. The maximum atomic E-state index is 12.8. The molecular weight excluding hydrogens is 407 g/mol. The summed E-state index contributed by atoms with van der Waals surface area (Å²) in [5, 5.41) is 2.54. The summed E-state index contributed by atoms with van der Waals surface area (Å²) in [5.74, 6) is -0.580. The highest BCUT2D eigenvalue weighted by Crippen LogP contribution is 3.02. The van der Waals surface area contributed by atoms with Gasteiger partial charge >= 0.3 is 10.2 Å². The number of nitrogens with one attached hydrogen (secondary N) is 2. The zero-order chi connectivity index (χ0) is 21.4. The van der Waals surface area contributed by atoms with E-state index in [0.29, 0.717) is 12.1 Å². The highest BCUT2D eigenvalue weighted by Gasteiger charge is 2.65. The van der Waals surface area contributed by atoms with Gasteiger partial charge in [0.1, 0.15) is 10.6 Å². The number of benzene rings is 1. The van der Waals surface area contributed by atoms with Crippen molar-refractivity contribution < 1.29 is 24.2 Å². The summed E-state index contributed by atoms with van der Waals surface area (Å²) in [6.45, 7) is 1.65. The van der Waals surface area contributed by atoms with Gasteiger partial charge in [0.05, 0.1) is 6.04 Å².